The highest BCUT2D eigenvalue weighted by molar-refractivity contribution is 4.93. The first-order chi connectivity index (χ1) is 8.33. The number of methoxy groups -OCH3 is 1. The van der Waals surface area contributed by atoms with E-state index in [0.29, 0.717) is 31.8 Å². The minimum Gasteiger partial charge on any atom is -0.382 e. The summed E-state index contributed by atoms with van der Waals surface area (Å²) in [5.41, 5.74) is 0.628. The third kappa shape index (κ3) is 6.99. The van der Waals surface area contributed by atoms with Crippen LogP contribution in [0.5, 0.6) is 0 Å². The van der Waals surface area contributed by atoms with Gasteiger partial charge in [-0.3, -0.25) is 0 Å². The maximum atomic E-state index is 5.45. The van der Waals surface area contributed by atoms with Gasteiger partial charge in [0.05, 0.1) is 33.0 Å². The normalized spacial score (nSPS) is 17.3. The van der Waals surface area contributed by atoms with E-state index in [9.17, 15) is 0 Å². The molecule has 0 aromatic heterocycles. The molecule has 1 fully saturated rings. The fourth-order valence-corrected chi connectivity index (χ4v) is 1.79. The number of nitrogens with one attached hydrogen (secondary N) is 1. The number of rotatable bonds is 12. The van der Waals surface area contributed by atoms with E-state index in [4.69, 9.17) is 14.2 Å². The van der Waals surface area contributed by atoms with E-state index in [2.05, 4.69) is 12.2 Å². The van der Waals surface area contributed by atoms with Crippen molar-refractivity contribution in [2.45, 2.75) is 26.2 Å². The maximum absolute atomic E-state index is 5.45. The third-order valence-electron chi connectivity index (χ3n) is 3.43. The Labute approximate surface area is 105 Å². The van der Waals surface area contributed by atoms with Gasteiger partial charge in [0.15, 0.2) is 0 Å². The van der Waals surface area contributed by atoms with E-state index in [-0.39, 0.29) is 0 Å². The van der Waals surface area contributed by atoms with E-state index in [1.165, 1.54) is 19.3 Å². The first-order valence-corrected chi connectivity index (χ1v) is 6.68. The van der Waals surface area contributed by atoms with E-state index in [1.807, 2.05) is 0 Å². The molecule has 0 spiro atoms. The number of ether oxygens (including phenoxy) is 3. The highest BCUT2D eigenvalue weighted by Crippen LogP contribution is 2.47. The molecule has 1 N–H and O–H groups in total. The molecule has 4 nitrogen and oxygen atoms in total. The summed E-state index contributed by atoms with van der Waals surface area (Å²) in [5, 5.41) is 3.46. The van der Waals surface area contributed by atoms with E-state index in [0.717, 1.165) is 19.7 Å². The second-order valence-corrected chi connectivity index (χ2v) is 4.75. The molecular weight excluding hydrogens is 218 g/mol. The van der Waals surface area contributed by atoms with Crippen molar-refractivity contribution in [1.82, 2.24) is 5.32 Å². The van der Waals surface area contributed by atoms with Crippen molar-refractivity contribution in [1.29, 1.82) is 0 Å². The van der Waals surface area contributed by atoms with Gasteiger partial charge in [-0.05, 0) is 24.7 Å². The van der Waals surface area contributed by atoms with Gasteiger partial charge in [0.25, 0.3) is 0 Å². The van der Waals surface area contributed by atoms with Crippen molar-refractivity contribution >= 4 is 0 Å². The highest BCUT2D eigenvalue weighted by Gasteiger charge is 2.39. The van der Waals surface area contributed by atoms with Crippen molar-refractivity contribution in [2.24, 2.45) is 5.41 Å². The quantitative estimate of drug-likeness (QED) is 0.528. The Morgan fingerprint density at radius 3 is 2.24 bits per heavy atom. The summed E-state index contributed by atoms with van der Waals surface area (Å²) in [6, 6.07) is 0. The van der Waals surface area contributed by atoms with Gasteiger partial charge in [0.2, 0.25) is 0 Å². The first-order valence-electron chi connectivity index (χ1n) is 6.68. The Bertz CT molecular complexity index is 184. The van der Waals surface area contributed by atoms with Gasteiger partial charge in [0, 0.05) is 20.2 Å². The lowest BCUT2D eigenvalue weighted by Gasteiger charge is -2.13. The van der Waals surface area contributed by atoms with Crippen LogP contribution < -0.4 is 5.32 Å². The van der Waals surface area contributed by atoms with Crippen LogP contribution in [0.2, 0.25) is 0 Å². The van der Waals surface area contributed by atoms with Gasteiger partial charge in [-0.1, -0.05) is 6.92 Å². The Kier molecular flexibility index (Phi) is 7.77. The lowest BCUT2D eigenvalue weighted by atomic mass is 10.0. The van der Waals surface area contributed by atoms with Crippen LogP contribution in [0.3, 0.4) is 0 Å². The average molecular weight is 245 g/mol. The van der Waals surface area contributed by atoms with E-state index >= 15 is 0 Å². The molecule has 0 aliphatic heterocycles. The molecule has 0 heterocycles. The average Bonchev–Trinajstić information content (AvgIpc) is 3.12. The Morgan fingerprint density at radius 2 is 1.65 bits per heavy atom. The first kappa shape index (κ1) is 14.9. The van der Waals surface area contributed by atoms with Crippen LogP contribution in [0.15, 0.2) is 0 Å². The number of hydrogen-bond acceptors (Lipinski definition) is 4. The maximum Gasteiger partial charge on any atom is 0.0701 e. The second-order valence-electron chi connectivity index (χ2n) is 4.75. The molecule has 0 saturated heterocycles. The van der Waals surface area contributed by atoms with Gasteiger partial charge in [-0.2, -0.15) is 0 Å². The monoisotopic (exact) mass is 245 g/mol. The lowest BCUT2D eigenvalue weighted by Crippen LogP contribution is -2.27. The molecule has 1 aliphatic carbocycles. The molecule has 0 aromatic rings. The van der Waals surface area contributed by atoms with E-state index in [1.54, 1.807) is 7.11 Å². The van der Waals surface area contributed by atoms with Crippen LogP contribution in [0.1, 0.15) is 26.2 Å². The van der Waals surface area contributed by atoms with Crippen LogP contribution in [0, 0.1) is 5.41 Å². The second kappa shape index (κ2) is 8.86. The number of hydrogen-bond donors (Lipinski definition) is 1. The molecule has 0 amide bonds. The minimum absolute atomic E-state index is 0.628. The van der Waals surface area contributed by atoms with Crippen LogP contribution in [-0.2, 0) is 14.2 Å². The van der Waals surface area contributed by atoms with Crippen molar-refractivity contribution in [3.63, 3.8) is 0 Å². The molecule has 0 unspecified atom stereocenters. The molecular formula is C13H27NO3. The zero-order valence-electron chi connectivity index (χ0n) is 11.3. The molecule has 0 atom stereocenters. The molecule has 1 rings (SSSR count). The van der Waals surface area contributed by atoms with Gasteiger partial charge in [-0.15, -0.1) is 0 Å². The molecule has 1 aliphatic rings. The summed E-state index contributed by atoms with van der Waals surface area (Å²) in [6.45, 7) is 7.78. The van der Waals surface area contributed by atoms with Gasteiger partial charge >= 0.3 is 0 Å². The summed E-state index contributed by atoms with van der Waals surface area (Å²) in [7, 11) is 1.68. The molecule has 0 bridgehead atoms. The van der Waals surface area contributed by atoms with E-state index < -0.39 is 0 Å². The Balaban J connectivity index is 1.73. The predicted octanol–water partition coefficient (Wildman–Crippen LogP) is 1.45. The molecule has 0 radical (unpaired) electrons. The zero-order valence-corrected chi connectivity index (χ0v) is 11.3. The fourth-order valence-electron chi connectivity index (χ4n) is 1.79. The van der Waals surface area contributed by atoms with Crippen LogP contribution >= 0.6 is 0 Å². The Hall–Kier alpha value is -0.160. The summed E-state index contributed by atoms with van der Waals surface area (Å²) < 4.78 is 15.6. The van der Waals surface area contributed by atoms with Crippen molar-refractivity contribution < 1.29 is 14.2 Å². The summed E-state index contributed by atoms with van der Waals surface area (Å²) in [6.07, 6.45) is 4.09. The zero-order chi connectivity index (χ0) is 12.4. The predicted molar refractivity (Wildman–Crippen MR) is 68.3 cm³/mol. The van der Waals surface area contributed by atoms with Gasteiger partial charge in [0.1, 0.15) is 0 Å². The summed E-state index contributed by atoms with van der Waals surface area (Å²) >= 11 is 0. The van der Waals surface area contributed by atoms with Crippen LogP contribution in [-0.4, -0.2) is 53.2 Å². The molecule has 102 valence electrons. The Morgan fingerprint density at radius 1 is 1.00 bits per heavy atom. The van der Waals surface area contributed by atoms with Crippen molar-refractivity contribution in [2.75, 3.05) is 53.2 Å². The molecule has 17 heavy (non-hydrogen) atoms. The largest absolute Gasteiger partial charge is 0.382 e. The van der Waals surface area contributed by atoms with Gasteiger partial charge < -0.3 is 19.5 Å². The van der Waals surface area contributed by atoms with Crippen molar-refractivity contribution in [3.8, 4) is 0 Å². The van der Waals surface area contributed by atoms with Crippen LogP contribution in [0.25, 0.3) is 0 Å². The summed E-state index contributed by atoms with van der Waals surface area (Å²) in [4.78, 5) is 0. The van der Waals surface area contributed by atoms with Crippen LogP contribution in [0.4, 0.5) is 0 Å². The third-order valence-corrected chi connectivity index (χ3v) is 3.43. The molecule has 0 aromatic carbocycles. The highest BCUT2D eigenvalue weighted by atomic mass is 16.5. The molecule has 1 saturated carbocycles. The lowest BCUT2D eigenvalue weighted by molar-refractivity contribution is 0.0254. The van der Waals surface area contributed by atoms with Gasteiger partial charge in [-0.25, -0.2) is 0 Å². The minimum atomic E-state index is 0.628. The smallest absolute Gasteiger partial charge is 0.0701 e. The standard InChI is InChI=1S/C13H27NO3/c1-3-13(4-5-13)12-14-6-7-16-10-11-17-9-8-15-2/h14H,3-12H2,1-2H3. The fraction of sp³-hybridized carbons (Fsp3) is 1.00. The summed E-state index contributed by atoms with van der Waals surface area (Å²) in [5.74, 6) is 0. The molecule has 4 heteroatoms. The SMILES string of the molecule is CCC1(CNCCOCCOCCOC)CC1. The van der Waals surface area contributed by atoms with Crippen molar-refractivity contribution in [3.05, 3.63) is 0 Å². The topological polar surface area (TPSA) is 39.7 Å².